The molecule has 6 nitrogen and oxygen atoms in total. The van der Waals surface area contributed by atoms with Gasteiger partial charge in [-0.1, -0.05) is 12.2 Å². The molecule has 0 bridgehead atoms. The highest BCUT2D eigenvalue weighted by Crippen LogP contribution is 1.99. The van der Waals surface area contributed by atoms with Crippen LogP contribution in [0, 0.1) is 0 Å². The predicted octanol–water partition coefficient (Wildman–Crippen LogP) is 2.20. The topological polar surface area (TPSA) is 73.9 Å². The third kappa shape index (κ3) is 12.9. The van der Waals surface area contributed by atoms with Crippen LogP contribution >= 0.6 is 0 Å². The maximum atomic E-state index is 11.2. The molecule has 6 heteroatoms. The summed E-state index contributed by atoms with van der Waals surface area (Å²) in [5.41, 5.74) is 1.45. The molecular weight excluding hydrogens is 274 g/mol. The predicted molar refractivity (Wildman–Crippen MR) is 80.0 cm³/mol. The van der Waals surface area contributed by atoms with Gasteiger partial charge in [0.15, 0.2) is 0 Å². The number of alkyl carbamates (subject to hydrolysis) is 1. The molecule has 21 heavy (non-hydrogen) atoms. The quantitative estimate of drug-likeness (QED) is 0.274. The Morgan fingerprint density at radius 3 is 2.33 bits per heavy atom. The first-order chi connectivity index (χ1) is 9.93. The molecule has 0 aromatic rings. The van der Waals surface area contributed by atoms with Crippen LogP contribution in [-0.2, 0) is 19.0 Å². The van der Waals surface area contributed by atoms with Crippen molar-refractivity contribution in [3.05, 3.63) is 24.3 Å². The van der Waals surface area contributed by atoms with Crippen LogP contribution in [0.5, 0.6) is 0 Å². The maximum absolute atomic E-state index is 11.2. The molecule has 1 N–H and O–H groups in total. The molecule has 1 amide bonds. The number of hydrogen-bond acceptors (Lipinski definition) is 5. The Balaban J connectivity index is 3.37. The molecule has 0 fully saturated rings. The van der Waals surface area contributed by atoms with E-state index in [1.54, 1.807) is 6.92 Å². The van der Waals surface area contributed by atoms with E-state index in [9.17, 15) is 9.59 Å². The van der Waals surface area contributed by atoms with Crippen LogP contribution in [0.15, 0.2) is 24.3 Å². The van der Waals surface area contributed by atoms with Crippen LogP contribution in [0.4, 0.5) is 4.79 Å². The number of nitrogens with one attached hydrogen (secondary N) is 1. The van der Waals surface area contributed by atoms with Gasteiger partial charge in [0, 0.05) is 12.2 Å². The van der Waals surface area contributed by atoms with Gasteiger partial charge in [-0.25, -0.2) is 9.59 Å². The van der Waals surface area contributed by atoms with E-state index >= 15 is 0 Å². The van der Waals surface area contributed by atoms with Gasteiger partial charge < -0.3 is 19.5 Å². The van der Waals surface area contributed by atoms with Gasteiger partial charge in [-0.15, -0.1) is 6.58 Å². The first kappa shape index (κ1) is 19.2. The van der Waals surface area contributed by atoms with Crippen LogP contribution in [0.2, 0.25) is 0 Å². The van der Waals surface area contributed by atoms with E-state index in [1.807, 2.05) is 6.92 Å². The Morgan fingerprint density at radius 2 is 1.71 bits per heavy atom. The minimum Gasteiger partial charge on any atom is -0.460 e. The summed E-state index contributed by atoms with van der Waals surface area (Å²) in [5.74, 6) is -0.478. The van der Waals surface area contributed by atoms with E-state index in [-0.39, 0.29) is 19.8 Å². The summed E-state index contributed by atoms with van der Waals surface area (Å²) in [5, 5.41) is 2.46. The standard InChI is InChI=1S/C15H25NO5/c1-12(2)6-5-8-19-10-11-21-15(18)16-7-9-20-14(17)13(3)4/h1,3,5-11H2,2,4H3,(H,16,18). The molecule has 0 aromatic carbocycles. The molecule has 0 saturated carbocycles. The zero-order chi connectivity index (χ0) is 16.1. The van der Waals surface area contributed by atoms with E-state index in [4.69, 9.17) is 14.2 Å². The first-order valence-electron chi connectivity index (χ1n) is 6.89. The summed E-state index contributed by atoms with van der Waals surface area (Å²) in [6.07, 6.45) is 1.28. The zero-order valence-electron chi connectivity index (χ0n) is 12.9. The Bertz CT molecular complexity index is 365. The number of esters is 1. The Labute approximate surface area is 126 Å². The molecular formula is C15H25NO5. The molecule has 0 rings (SSSR count). The third-order valence-electron chi connectivity index (χ3n) is 2.31. The van der Waals surface area contributed by atoms with E-state index in [0.29, 0.717) is 18.8 Å². The summed E-state index contributed by atoms with van der Waals surface area (Å²) < 4.78 is 15.0. The molecule has 0 spiro atoms. The van der Waals surface area contributed by atoms with Crippen LogP contribution in [0.3, 0.4) is 0 Å². The van der Waals surface area contributed by atoms with Crippen molar-refractivity contribution in [1.29, 1.82) is 0 Å². The van der Waals surface area contributed by atoms with E-state index in [2.05, 4.69) is 18.5 Å². The van der Waals surface area contributed by atoms with Gasteiger partial charge in [-0.3, -0.25) is 0 Å². The number of rotatable bonds is 11. The molecule has 0 saturated heterocycles. The molecule has 0 atom stereocenters. The van der Waals surface area contributed by atoms with Crippen molar-refractivity contribution in [3.8, 4) is 0 Å². The fraction of sp³-hybridized carbons (Fsp3) is 0.600. The first-order valence-corrected chi connectivity index (χ1v) is 6.89. The summed E-state index contributed by atoms with van der Waals surface area (Å²) in [7, 11) is 0. The lowest BCUT2D eigenvalue weighted by molar-refractivity contribution is -0.138. The van der Waals surface area contributed by atoms with Gasteiger partial charge in [0.25, 0.3) is 0 Å². The maximum Gasteiger partial charge on any atom is 0.407 e. The number of amides is 1. The Morgan fingerprint density at radius 1 is 1.00 bits per heavy atom. The van der Waals surface area contributed by atoms with E-state index in [0.717, 1.165) is 18.4 Å². The summed E-state index contributed by atoms with van der Waals surface area (Å²) in [6, 6.07) is 0. The Hall–Kier alpha value is -1.82. The number of allylic oxidation sites excluding steroid dienone is 1. The molecule has 120 valence electrons. The van der Waals surface area contributed by atoms with Crippen molar-refractivity contribution in [2.24, 2.45) is 0 Å². The fourth-order valence-corrected chi connectivity index (χ4v) is 1.24. The average Bonchev–Trinajstić information content (AvgIpc) is 2.41. The van der Waals surface area contributed by atoms with Gasteiger partial charge in [-0.05, 0) is 26.7 Å². The van der Waals surface area contributed by atoms with Crippen LogP contribution in [0.25, 0.3) is 0 Å². The van der Waals surface area contributed by atoms with Crippen molar-refractivity contribution < 1.29 is 23.8 Å². The summed E-state index contributed by atoms with van der Waals surface area (Å²) in [6.45, 7) is 12.2. The van der Waals surface area contributed by atoms with Gasteiger partial charge >= 0.3 is 12.1 Å². The lowest BCUT2D eigenvalue weighted by atomic mass is 10.2. The number of ether oxygens (including phenoxy) is 3. The normalized spacial score (nSPS) is 9.81. The van der Waals surface area contributed by atoms with Crippen LogP contribution in [0.1, 0.15) is 26.7 Å². The van der Waals surface area contributed by atoms with Crippen molar-refractivity contribution >= 4 is 12.1 Å². The molecule has 0 heterocycles. The Kier molecular flexibility index (Phi) is 10.9. The second-order valence-electron chi connectivity index (χ2n) is 4.65. The number of hydrogen-bond donors (Lipinski definition) is 1. The number of carbonyl (C=O) groups is 2. The second kappa shape index (κ2) is 12.0. The minimum absolute atomic E-state index is 0.0815. The van der Waals surface area contributed by atoms with E-state index < -0.39 is 12.1 Å². The minimum atomic E-state index is -0.563. The zero-order valence-corrected chi connectivity index (χ0v) is 12.9. The van der Waals surface area contributed by atoms with E-state index in [1.165, 1.54) is 0 Å². The summed E-state index contributed by atoms with van der Waals surface area (Å²) in [4.78, 5) is 22.3. The highest BCUT2D eigenvalue weighted by atomic mass is 16.6. The fourth-order valence-electron chi connectivity index (χ4n) is 1.24. The average molecular weight is 299 g/mol. The van der Waals surface area contributed by atoms with Crippen LogP contribution < -0.4 is 5.32 Å². The van der Waals surface area contributed by atoms with Gasteiger partial charge in [0.2, 0.25) is 0 Å². The van der Waals surface area contributed by atoms with Crippen molar-refractivity contribution in [2.45, 2.75) is 26.7 Å². The molecule has 0 aliphatic rings. The highest BCUT2D eigenvalue weighted by Gasteiger charge is 2.04. The molecule has 0 aliphatic heterocycles. The lowest BCUT2D eigenvalue weighted by Gasteiger charge is -2.08. The van der Waals surface area contributed by atoms with Crippen LogP contribution in [-0.4, -0.2) is 45.0 Å². The second-order valence-corrected chi connectivity index (χ2v) is 4.65. The molecule has 0 unspecified atom stereocenters. The van der Waals surface area contributed by atoms with Gasteiger partial charge in [-0.2, -0.15) is 0 Å². The van der Waals surface area contributed by atoms with Gasteiger partial charge in [0.1, 0.15) is 13.2 Å². The lowest BCUT2D eigenvalue weighted by Crippen LogP contribution is -2.29. The van der Waals surface area contributed by atoms with Crippen molar-refractivity contribution in [2.75, 3.05) is 33.0 Å². The SMILES string of the molecule is C=C(C)CCCOCCOC(=O)NCCOC(=O)C(=C)C. The van der Waals surface area contributed by atoms with Crippen molar-refractivity contribution in [1.82, 2.24) is 5.32 Å². The molecule has 0 radical (unpaired) electrons. The third-order valence-corrected chi connectivity index (χ3v) is 2.31. The smallest absolute Gasteiger partial charge is 0.407 e. The highest BCUT2D eigenvalue weighted by molar-refractivity contribution is 5.86. The summed E-state index contributed by atoms with van der Waals surface area (Å²) >= 11 is 0. The van der Waals surface area contributed by atoms with Gasteiger partial charge in [0.05, 0.1) is 13.2 Å². The molecule has 0 aliphatic carbocycles. The molecule has 0 aromatic heterocycles. The number of carbonyl (C=O) groups excluding carboxylic acids is 2. The largest absolute Gasteiger partial charge is 0.460 e. The monoisotopic (exact) mass is 299 g/mol. The van der Waals surface area contributed by atoms with Crippen molar-refractivity contribution in [3.63, 3.8) is 0 Å².